The molecule has 3 heteroatoms. The Morgan fingerprint density at radius 1 is 0.769 bits per heavy atom. The van der Waals surface area contributed by atoms with Gasteiger partial charge in [0.15, 0.2) is 11.5 Å². The van der Waals surface area contributed by atoms with E-state index in [4.69, 9.17) is 9.47 Å². The molecule has 26 heavy (non-hydrogen) atoms. The summed E-state index contributed by atoms with van der Waals surface area (Å²) in [6.07, 6.45) is 0. The highest BCUT2D eigenvalue weighted by atomic mass is 16.5. The molecule has 3 aromatic rings. The Hall–Kier alpha value is -2.94. The summed E-state index contributed by atoms with van der Waals surface area (Å²) < 4.78 is 11.4. The molecule has 0 bridgehead atoms. The molecule has 1 N–H and O–H groups in total. The number of rotatable bonds is 7. The second kappa shape index (κ2) is 8.43. The molecule has 0 aromatic heterocycles. The Morgan fingerprint density at radius 2 is 1.58 bits per heavy atom. The Balaban J connectivity index is 1.65. The molecule has 3 aromatic carbocycles. The minimum absolute atomic E-state index is 0.525. The Kier molecular flexibility index (Phi) is 5.80. The van der Waals surface area contributed by atoms with Gasteiger partial charge in [0, 0.05) is 12.2 Å². The second-order valence-electron chi connectivity index (χ2n) is 6.41. The number of nitrogens with one attached hydrogen (secondary N) is 1. The van der Waals surface area contributed by atoms with Crippen molar-refractivity contribution in [3.05, 3.63) is 89.0 Å². The van der Waals surface area contributed by atoms with Crippen molar-refractivity contribution >= 4 is 5.69 Å². The lowest BCUT2D eigenvalue weighted by molar-refractivity contribution is 0.284. The molecule has 0 saturated carbocycles. The summed E-state index contributed by atoms with van der Waals surface area (Å²) in [5.41, 5.74) is 5.99. The van der Waals surface area contributed by atoms with Crippen molar-refractivity contribution in [2.24, 2.45) is 0 Å². The summed E-state index contributed by atoms with van der Waals surface area (Å²) in [6, 6.07) is 22.6. The van der Waals surface area contributed by atoms with E-state index in [2.05, 4.69) is 43.4 Å². The summed E-state index contributed by atoms with van der Waals surface area (Å²) in [5.74, 6) is 1.51. The molecule has 0 aliphatic heterocycles. The zero-order chi connectivity index (χ0) is 18.4. The molecule has 0 radical (unpaired) electrons. The minimum Gasteiger partial charge on any atom is -0.493 e. The predicted molar refractivity (Wildman–Crippen MR) is 107 cm³/mol. The van der Waals surface area contributed by atoms with Gasteiger partial charge in [-0.3, -0.25) is 0 Å². The second-order valence-corrected chi connectivity index (χ2v) is 6.41. The van der Waals surface area contributed by atoms with Gasteiger partial charge in [0.25, 0.3) is 0 Å². The van der Waals surface area contributed by atoms with Crippen molar-refractivity contribution in [1.82, 2.24) is 0 Å². The minimum atomic E-state index is 0.525. The third kappa shape index (κ3) is 4.57. The molecule has 0 saturated heterocycles. The molecule has 0 amide bonds. The fraction of sp³-hybridized carbons (Fsp3) is 0.217. The van der Waals surface area contributed by atoms with Crippen molar-refractivity contribution in [3.63, 3.8) is 0 Å². The topological polar surface area (TPSA) is 30.5 Å². The largest absolute Gasteiger partial charge is 0.493 e. The van der Waals surface area contributed by atoms with E-state index < -0.39 is 0 Å². The van der Waals surface area contributed by atoms with Gasteiger partial charge in [-0.1, -0.05) is 42.5 Å². The van der Waals surface area contributed by atoms with E-state index in [0.29, 0.717) is 6.61 Å². The van der Waals surface area contributed by atoms with Crippen LogP contribution in [-0.2, 0) is 13.2 Å². The van der Waals surface area contributed by atoms with Crippen LogP contribution >= 0.6 is 0 Å². The SMILES string of the molecule is COc1cc(CNc2ccc(C)c(C)c2)ccc1OCc1ccccc1. The zero-order valence-corrected chi connectivity index (χ0v) is 15.6. The van der Waals surface area contributed by atoms with E-state index in [1.807, 2.05) is 42.5 Å². The molecule has 0 spiro atoms. The van der Waals surface area contributed by atoms with Gasteiger partial charge in [0.05, 0.1) is 7.11 Å². The predicted octanol–water partition coefficient (Wildman–Crippen LogP) is 5.50. The summed E-state index contributed by atoms with van der Waals surface area (Å²) in [4.78, 5) is 0. The van der Waals surface area contributed by atoms with Crippen LogP contribution in [0, 0.1) is 13.8 Å². The van der Waals surface area contributed by atoms with E-state index in [1.54, 1.807) is 7.11 Å². The van der Waals surface area contributed by atoms with E-state index in [1.165, 1.54) is 11.1 Å². The lowest BCUT2D eigenvalue weighted by atomic mass is 10.1. The number of hydrogen-bond donors (Lipinski definition) is 1. The van der Waals surface area contributed by atoms with Crippen LogP contribution in [0.4, 0.5) is 5.69 Å². The lowest BCUT2D eigenvalue weighted by Crippen LogP contribution is -2.02. The van der Waals surface area contributed by atoms with Crippen molar-refractivity contribution < 1.29 is 9.47 Å². The maximum Gasteiger partial charge on any atom is 0.161 e. The van der Waals surface area contributed by atoms with Crippen molar-refractivity contribution in [3.8, 4) is 11.5 Å². The van der Waals surface area contributed by atoms with Gasteiger partial charge in [-0.15, -0.1) is 0 Å². The van der Waals surface area contributed by atoms with Crippen LogP contribution in [0.5, 0.6) is 11.5 Å². The van der Waals surface area contributed by atoms with Gasteiger partial charge in [0.2, 0.25) is 0 Å². The number of methoxy groups -OCH3 is 1. The third-order valence-electron chi connectivity index (χ3n) is 4.47. The van der Waals surface area contributed by atoms with Gasteiger partial charge >= 0.3 is 0 Å². The molecular formula is C23H25NO2. The fourth-order valence-electron chi connectivity index (χ4n) is 2.73. The van der Waals surface area contributed by atoms with E-state index in [0.717, 1.165) is 34.9 Å². The third-order valence-corrected chi connectivity index (χ3v) is 4.47. The molecule has 0 heterocycles. The first kappa shape index (κ1) is 17.9. The fourth-order valence-corrected chi connectivity index (χ4v) is 2.73. The van der Waals surface area contributed by atoms with Crippen LogP contribution in [0.1, 0.15) is 22.3 Å². The van der Waals surface area contributed by atoms with Crippen molar-refractivity contribution in [2.45, 2.75) is 27.0 Å². The van der Waals surface area contributed by atoms with E-state index in [-0.39, 0.29) is 0 Å². The number of hydrogen-bond acceptors (Lipinski definition) is 3. The van der Waals surface area contributed by atoms with E-state index in [9.17, 15) is 0 Å². The molecule has 0 atom stereocenters. The maximum atomic E-state index is 5.92. The highest BCUT2D eigenvalue weighted by Gasteiger charge is 2.07. The number of anilines is 1. The Morgan fingerprint density at radius 3 is 2.31 bits per heavy atom. The summed E-state index contributed by atoms with van der Waals surface area (Å²) in [7, 11) is 1.67. The molecule has 0 fully saturated rings. The number of ether oxygens (including phenoxy) is 2. The van der Waals surface area contributed by atoms with Crippen molar-refractivity contribution in [1.29, 1.82) is 0 Å². The van der Waals surface area contributed by atoms with Crippen LogP contribution in [0.15, 0.2) is 66.7 Å². The molecule has 3 rings (SSSR count). The van der Waals surface area contributed by atoms with Crippen molar-refractivity contribution in [2.75, 3.05) is 12.4 Å². The molecule has 0 aliphatic rings. The first-order valence-corrected chi connectivity index (χ1v) is 8.80. The van der Waals surface area contributed by atoms with Gasteiger partial charge < -0.3 is 14.8 Å². The molecule has 0 unspecified atom stereocenters. The van der Waals surface area contributed by atoms with Crippen LogP contribution in [0.25, 0.3) is 0 Å². The average Bonchev–Trinajstić information content (AvgIpc) is 2.68. The van der Waals surface area contributed by atoms with Crippen LogP contribution in [-0.4, -0.2) is 7.11 Å². The summed E-state index contributed by atoms with van der Waals surface area (Å²) in [5, 5.41) is 3.46. The standard InChI is InChI=1S/C23H25NO2/c1-17-9-11-21(13-18(17)2)24-15-20-10-12-22(23(14-20)25-3)26-16-19-7-5-4-6-8-19/h4-14,24H,15-16H2,1-3H3. The van der Waals surface area contributed by atoms with Gasteiger partial charge in [-0.2, -0.15) is 0 Å². The molecular weight excluding hydrogens is 322 g/mol. The number of aryl methyl sites for hydroxylation is 2. The highest BCUT2D eigenvalue weighted by Crippen LogP contribution is 2.29. The summed E-state index contributed by atoms with van der Waals surface area (Å²) >= 11 is 0. The average molecular weight is 347 g/mol. The van der Waals surface area contributed by atoms with Crippen LogP contribution in [0.3, 0.4) is 0 Å². The maximum absolute atomic E-state index is 5.92. The Labute approximate surface area is 155 Å². The normalized spacial score (nSPS) is 10.4. The quantitative estimate of drug-likeness (QED) is 0.612. The smallest absolute Gasteiger partial charge is 0.161 e. The first-order chi connectivity index (χ1) is 12.7. The number of benzene rings is 3. The molecule has 0 aliphatic carbocycles. The molecule has 3 nitrogen and oxygen atoms in total. The Bertz CT molecular complexity index is 859. The van der Waals surface area contributed by atoms with Gasteiger partial charge in [-0.05, 0) is 60.4 Å². The molecule has 134 valence electrons. The van der Waals surface area contributed by atoms with Gasteiger partial charge in [0.1, 0.15) is 6.61 Å². The van der Waals surface area contributed by atoms with Gasteiger partial charge in [-0.25, -0.2) is 0 Å². The monoisotopic (exact) mass is 347 g/mol. The van der Waals surface area contributed by atoms with Crippen LogP contribution in [0.2, 0.25) is 0 Å². The lowest BCUT2D eigenvalue weighted by Gasteiger charge is -2.13. The van der Waals surface area contributed by atoms with E-state index >= 15 is 0 Å². The first-order valence-electron chi connectivity index (χ1n) is 8.80. The highest BCUT2D eigenvalue weighted by molar-refractivity contribution is 5.49. The zero-order valence-electron chi connectivity index (χ0n) is 15.6. The van der Waals surface area contributed by atoms with Crippen LogP contribution < -0.4 is 14.8 Å². The summed E-state index contributed by atoms with van der Waals surface area (Å²) in [6.45, 7) is 5.51.